The number of imidazole rings is 1. The lowest BCUT2D eigenvalue weighted by Crippen LogP contribution is -2.45. The lowest BCUT2D eigenvalue weighted by Gasteiger charge is -2.36. The van der Waals surface area contributed by atoms with Gasteiger partial charge >= 0.3 is 5.97 Å². The van der Waals surface area contributed by atoms with Crippen LogP contribution in [0.5, 0.6) is 0 Å². The lowest BCUT2D eigenvalue weighted by molar-refractivity contribution is -0.152. The SMILES string of the molecule is O=C(Cc1nc2ccccc2o1)N1CCC2(CC1)CC(Cn1ccnc1)OC2=O. The fourth-order valence-corrected chi connectivity index (χ4v) is 4.40. The third kappa shape index (κ3) is 3.39. The predicted octanol–water partition coefficient (Wildman–Crippen LogP) is 2.19. The maximum absolute atomic E-state index is 12.7. The Morgan fingerprint density at radius 2 is 2.07 bits per heavy atom. The quantitative estimate of drug-likeness (QED) is 0.630. The van der Waals surface area contributed by atoms with E-state index in [1.807, 2.05) is 35.0 Å². The second kappa shape index (κ2) is 7.02. The number of benzene rings is 1. The number of aromatic nitrogens is 3. The molecule has 0 bridgehead atoms. The zero-order valence-corrected chi connectivity index (χ0v) is 16.0. The summed E-state index contributed by atoms with van der Waals surface area (Å²) in [4.78, 5) is 35.5. The summed E-state index contributed by atoms with van der Waals surface area (Å²) < 4.78 is 13.2. The Hall–Kier alpha value is -3.16. The number of esters is 1. The van der Waals surface area contributed by atoms with Crippen LogP contribution >= 0.6 is 0 Å². The van der Waals surface area contributed by atoms with Gasteiger partial charge in [-0.2, -0.15) is 0 Å². The number of cyclic esters (lactones) is 1. The van der Waals surface area contributed by atoms with E-state index in [0.717, 1.165) is 5.52 Å². The molecular formula is C21H22N4O4. The van der Waals surface area contributed by atoms with Crippen LogP contribution in [-0.2, 0) is 27.3 Å². The van der Waals surface area contributed by atoms with Crippen molar-refractivity contribution in [1.29, 1.82) is 0 Å². The van der Waals surface area contributed by atoms with Crippen LogP contribution in [0.3, 0.4) is 0 Å². The van der Waals surface area contributed by atoms with Gasteiger partial charge in [-0.25, -0.2) is 9.97 Å². The molecule has 0 N–H and O–H groups in total. The maximum Gasteiger partial charge on any atom is 0.312 e. The molecule has 2 aromatic heterocycles. The third-order valence-corrected chi connectivity index (χ3v) is 6.01. The molecule has 2 aliphatic rings. The fraction of sp³-hybridized carbons (Fsp3) is 0.429. The molecule has 29 heavy (non-hydrogen) atoms. The highest BCUT2D eigenvalue weighted by atomic mass is 16.6. The first-order valence-corrected chi connectivity index (χ1v) is 9.90. The van der Waals surface area contributed by atoms with Gasteiger partial charge in [0.05, 0.1) is 18.3 Å². The largest absolute Gasteiger partial charge is 0.460 e. The molecular weight excluding hydrogens is 372 g/mol. The van der Waals surface area contributed by atoms with Crippen molar-refractivity contribution in [2.45, 2.75) is 38.3 Å². The highest BCUT2D eigenvalue weighted by molar-refractivity contribution is 5.82. The molecule has 8 heteroatoms. The van der Waals surface area contributed by atoms with E-state index in [1.165, 1.54) is 0 Å². The van der Waals surface area contributed by atoms with Crippen molar-refractivity contribution in [2.75, 3.05) is 13.1 Å². The Morgan fingerprint density at radius 1 is 1.24 bits per heavy atom. The van der Waals surface area contributed by atoms with E-state index >= 15 is 0 Å². The van der Waals surface area contributed by atoms with Crippen molar-refractivity contribution in [3.63, 3.8) is 0 Å². The van der Waals surface area contributed by atoms with Crippen LogP contribution in [0.25, 0.3) is 11.1 Å². The van der Waals surface area contributed by atoms with Gasteiger partial charge in [0.1, 0.15) is 18.0 Å². The molecule has 1 aromatic carbocycles. The van der Waals surface area contributed by atoms with E-state index in [1.54, 1.807) is 17.4 Å². The molecule has 150 valence electrons. The molecule has 1 amide bonds. The van der Waals surface area contributed by atoms with Crippen LogP contribution in [0.15, 0.2) is 47.4 Å². The molecule has 0 radical (unpaired) electrons. The van der Waals surface area contributed by atoms with E-state index in [2.05, 4.69) is 9.97 Å². The van der Waals surface area contributed by atoms with Crippen molar-refractivity contribution < 1.29 is 18.7 Å². The average molecular weight is 394 g/mol. The molecule has 2 aliphatic heterocycles. The Balaban J connectivity index is 1.19. The minimum Gasteiger partial charge on any atom is -0.460 e. The molecule has 2 saturated heterocycles. The number of amides is 1. The van der Waals surface area contributed by atoms with Gasteiger partial charge in [-0.1, -0.05) is 12.1 Å². The summed E-state index contributed by atoms with van der Waals surface area (Å²) in [6.45, 7) is 1.71. The van der Waals surface area contributed by atoms with Gasteiger partial charge in [0.15, 0.2) is 5.58 Å². The molecule has 0 saturated carbocycles. The zero-order valence-electron chi connectivity index (χ0n) is 16.0. The highest BCUT2D eigenvalue weighted by Crippen LogP contribution is 2.43. The van der Waals surface area contributed by atoms with Gasteiger partial charge in [-0.3, -0.25) is 9.59 Å². The van der Waals surface area contributed by atoms with Gasteiger partial charge in [0.2, 0.25) is 11.8 Å². The number of carbonyl (C=O) groups is 2. The number of oxazole rings is 1. The topological polar surface area (TPSA) is 90.5 Å². The molecule has 2 fully saturated rings. The smallest absolute Gasteiger partial charge is 0.312 e. The van der Waals surface area contributed by atoms with Crippen molar-refractivity contribution in [1.82, 2.24) is 19.4 Å². The van der Waals surface area contributed by atoms with Crippen molar-refractivity contribution in [2.24, 2.45) is 5.41 Å². The number of piperidine rings is 1. The average Bonchev–Trinajstić information content (AvgIpc) is 3.43. The lowest BCUT2D eigenvalue weighted by atomic mass is 9.76. The van der Waals surface area contributed by atoms with Gasteiger partial charge in [0.25, 0.3) is 0 Å². The van der Waals surface area contributed by atoms with Gasteiger partial charge < -0.3 is 18.6 Å². The summed E-state index contributed by atoms with van der Waals surface area (Å²) in [5, 5.41) is 0. The van der Waals surface area contributed by atoms with E-state index in [4.69, 9.17) is 9.15 Å². The minimum atomic E-state index is -0.473. The number of hydrogen-bond donors (Lipinski definition) is 0. The normalized spacial score (nSPS) is 21.0. The van der Waals surface area contributed by atoms with Gasteiger partial charge in [0, 0.05) is 31.9 Å². The summed E-state index contributed by atoms with van der Waals surface area (Å²) in [6.07, 6.45) is 7.26. The first-order valence-electron chi connectivity index (χ1n) is 9.90. The van der Waals surface area contributed by atoms with Crippen molar-refractivity contribution in [3.05, 3.63) is 48.9 Å². The van der Waals surface area contributed by atoms with Gasteiger partial charge in [-0.15, -0.1) is 0 Å². The predicted molar refractivity (Wildman–Crippen MR) is 103 cm³/mol. The first kappa shape index (κ1) is 17.9. The van der Waals surface area contributed by atoms with Crippen LogP contribution in [0.4, 0.5) is 0 Å². The summed E-state index contributed by atoms with van der Waals surface area (Å²) >= 11 is 0. The second-order valence-corrected chi connectivity index (χ2v) is 7.90. The van der Waals surface area contributed by atoms with E-state index in [0.29, 0.717) is 50.4 Å². The molecule has 1 spiro atoms. The Labute approximate surface area is 167 Å². The van der Waals surface area contributed by atoms with Crippen LogP contribution in [-0.4, -0.2) is 50.5 Å². The second-order valence-electron chi connectivity index (χ2n) is 7.90. The zero-order chi connectivity index (χ0) is 19.8. The number of ether oxygens (including phenoxy) is 1. The number of carbonyl (C=O) groups excluding carboxylic acids is 2. The summed E-state index contributed by atoms with van der Waals surface area (Å²) in [5.74, 6) is 0.276. The monoisotopic (exact) mass is 394 g/mol. The first-order chi connectivity index (χ1) is 14.1. The van der Waals surface area contributed by atoms with Crippen LogP contribution < -0.4 is 0 Å². The highest BCUT2D eigenvalue weighted by Gasteiger charge is 2.50. The standard InChI is InChI=1S/C21H22N4O4/c26-19(11-18-23-16-3-1-2-4-17(16)29-18)25-8-5-21(6-9-25)12-15(28-20(21)27)13-24-10-7-22-14-24/h1-4,7,10,14-15H,5-6,8-9,11-13H2. The Bertz CT molecular complexity index is 1000. The molecule has 1 unspecified atom stereocenters. The number of nitrogens with zero attached hydrogens (tertiary/aromatic N) is 4. The number of hydrogen-bond acceptors (Lipinski definition) is 6. The van der Waals surface area contributed by atoms with Crippen molar-refractivity contribution in [3.8, 4) is 0 Å². The van der Waals surface area contributed by atoms with Crippen molar-refractivity contribution >= 4 is 23.0 Å². The molecule has 5 rings (SSSR count). The fourth-order valence-electron chi connectivity index (χ4n) is 4.40. The summed E-state index contributed by atoms with van der Waals surface area (Å²) in [6, 6.07) is 7.47. The molecule has 0 aliphatic carbocycles. The molecule has 3 aromatic rings. The maximum atomic E-state index is 12.7. The Morgan fingerprint density at radius 3 is 2.83 bits per heavy atom. The number of para-hydroxylation sites is 2. The molecule has 1 atom stereocenters. The van der Waals surface area contributed by atoms with E-state index in [9.17, 15) is 9.59 Å². The third-order valence-electron chi connectivity index (χ3n) is 6.01. The van der Waals surface area contributed by atoms with Gasteiger partial charge in [-0.05, 0) is 25.0 Å². The molecule has 8 nitrogen and oxygen atoms in total. The minimum absolute atomic E-state index is 0.0206. The van der Waals surface area contributed by atoms with Crippen LogP contribution in [0.1, 0.15) is 25.2 Å². The van der Waals surface area contributed by atoms with E-state index < -0.39 is 5.41 Å². The van der Waals surface area contributed by atoms with Crippen LogP contribution in [0.2, 0.25) is 0 Å². The number of likely N-dealkylation sites (tertiary alicyclic amines) is 1. The Kier molecular flexibility index (Phi) is 4.34. The molecule has 4 heterocycles. The summed E-state index contributed by atoms with van der Waals surface area (Å²) in [5.41, 5.74) is 0.968. The van der Waals surface area contributed by atoms with Crippen LogP contribution in [0, 0.1) is 5.41 Å². The van der Waals surface area contributed by atoms with E-state index in [-0.39, 0.29) is 24.4 Å². The number of fused-ring (bicyclic) bond motifs is 1. The summed E-state index contributed by atoms with van der Waals surface area (Å²) in [7, 11) is 0. The number of rotatable bonds is 4.